The molecule has 0 radical (unpaired) electrons. The normalized spacial score (nSPS) is 14.4. The van der Waals surface area contributed by atoms with Crippen LogP contribution in [-0.2, 0) is 16.1 Å². The molecule has 1 N–H and O–H groups in total. The number of hydrogen-bond acceptors (Lipinski definition) is 5. The third kappa shape index (κ3) is 5.23. The van der Waals surface area contributed by atoms with Gasteiger partial charge in [0.2, 0.25) is 17.8 Å². The molecule has 0 spiro atoms. The predicted molar refractivity (Wildman–Crippen MR) is 121 cm³/mol. The molecule has 1 saturated heterocycles. The molecule has 0 unspecified atom stereocenters. The summed E-state index contributed by atoms with van der Waals surface area (Å²) in [6, 6.07) is 15.6. The summed E-state index contributed by atoms with van der Waals surface area (Å²) in [7, 11) is 1.83. The van der Waals surface area contributed by atoms with Gasteiger partial charge >= 0.3 is 0 Å². The Morgan fingerprint density at radius 1 is 1.10 bits per heavy atom. The van der Waals surface area contributed by atoms with E-state index in [1.165, 1.54) is 0 Å². The Morgan fingerprint density at radius 2 is 1.90 bits per heavy atom. The lowest BCUT2D eigenvalue weighted by molar-refractivity contribution is -0.119. The number of carbonyl (C=O) groups excluding carboxylic acids is 2. The minimum Gasteiger partial charge on any atom is -0.494 e. The highest BCUT2D eigenvalue weighted by atomic mass is 16.5. The van der Waals surface area contributed by atoms with E-state index in [-0.39, 0.29) is 11.8 Å². The molecule has 7 nitrogen and oxygen atoms in total. The van der Waals surface area contributed by atoms with Crippen molar-refractivity contribution in [1.29, 1.82) is 0 Å². The second-order valence-electron chi connectivity index (χ2n) is 7.93. The largest absolute Gasteiger partial charge is 0.494 e. The number of guanidine groups is 1. The van der Waals surface area contributed by atoms with E-state index in [0.29, 0.717) is 32.1 Å². The van der Waals surface area contributed by atoms with Crippen LogP contribution in [0, 0.1) is 0 Å². The van der Waals surface area contributed by atoms with E-state index in [1.807, 2.05) is 60.5 Å². The molecule has 0 aliphatic carbocycles. The van der Waals surface area contributed by atoms with Crippen LogP contribution in [0.15, 0.2) is 53.5 Å². The smallest absolute Gasteiger partial charge is 0.246 e. The molecular formula is C24H28N4O3. The van der Waals surface area contributed by atoms with E-state index in [2.05, 4.69) is 10.3 Å². The molecule has 0 atom stereocenters. The van der Waals surface area contributed by atoms with Crippen LogP contribution in [0.4, 0.5) is 11.4 Å². The molecule has 31 heavy (non-hydrogen) atoms. The lowest BCUT2D eigenvalue weighted by Crippen LogP contribution is -2.31. The van der Waals surface area contributed by atoms with Crippen molar-refractivity contribution in [3.8, 4) is 5.75 Å². The maximum atomic E-state index is 12.3. The number of anilines is 1. The van der Waals surface area contributed by atoms with Crippen LogP contribution in [0.25, 0.3) is 0 Å². The molecule has 0 aromatic heterocycles. The van der Waals surface area contributed by atoms with Crippen molar-refractivity contribution in [2.75, 3.05) is 25.1 Å². The lowest BCUT2D eigenvalue weighted by Gasteiger charge is -2.23. The number of aliphatic imine (C=N–C) groups is 1. The number of nitrogens with one attached hydrogen (secondary N) is 1. The number of hydrogen-bond donors (Lipinski definition) is 1. The zero-order valence-electron chi connectivity index (χ0n) is 17.8. The first-order valence-corrected chi connectivity index (χ1v) is 10.8. The molecule has 0 saturated carbocycles. The number of carbonyl (C=O) groups is 2. The number of unbranched alkanes of at least 4 members (excludes halogenated alkanes) is 3. The van der Waals surface area contributed by atoms with Crippen LogP contribution >= 0.6 is 0 Å². The van der Waals surface area contributed by atoms with E-state index >= 15 is 0 Å². The molecule has 2 amide bonds. The highest BCUT2D eigenvalue weighted by Gasteiger charge is 2.29. The van der Waals surface area contributed by atoms with Gasteiger partial charge in [0.1, 0.15) is 12.3 Å². The summed E-state index contributed by atoms with van der Waals surface area (Å²) in [6.45, 7) is 1.66. The van der Waals surface area contributed by atoms with Crippen molar-refractivity contribution in [3.05, 3.63) is 54.1 Å². The Morgan fingerprint density at radius 3 is 2.74 bits per heavy atom. The van der Waals surface area contributed by atoms with Crippen LogP contribution in [0.1, 0.15) is 37.7 Å². The monoisotopic (exact) mass is 420 g/mol. The first-order valence-electron chi connectivity index (χ1n) is 10.8. The van der Waals surface area contributed by atoms with Gasteiger partial charge in [0.15, 0.2) is 0 Å². The molecule has 1 fully saturated rings. The first-order chi connectivity index (χ1) is 15.1. The maximum absolute atomic E-state index is 12.3. The highest BCUT2D eigenvalue weighted by Crippen LogP contribution is 2.30. The summed E-state index contributed by atoms with van der Waals surface area (Å²) >= 11 is 0. The second-order valence-corrected chi connectivity index (χ2v) is 7.93. The molecule has 0 bridgehead atoms. The van der Waals surface area contributed by atoms with Gasteiger partial charge in [-0.25, -0.2) is 4.99 Å². The average Bonchev–Trinajstić information content (AvgIpc) is 3.15. The molecule has 2 aromatic carbocycles. The number of rotatable bonds is 9. The van der Waals surface area contributed by atoms with Crippen LogP contribution in [0.2, 0.25) is 0 Å². The van der Waals surface area contributed by atoms with E-state index in [1.54, 1.807) is 4.90 Å². The van der Waals surface area contributed by atoms with Crippen molar-refractivity contribution in [2.24, 2.45) is 4.99 Å². The van der Waals surface area contributed by atoms with Gasteiger partial charge in [0.05, 0.1) is 12.3 Å². The molecule has 2 aromatic rings. The zero-order chi connectivity index (χ0) is 21.6. The molecule has 2 heterocycles. The summed E-state index contributed by atoms with van der Waals surface area (Å²) in [5.74, 6) is 1.60. The number of para-hydroxylation sites is 1. The van der Waals surface area contributed by atoms with E-state index in [9.17, 15) is 9.59 Å². The van der Waals surface area contributed by atoms with Crippen molar-refractivity contribution in [3.63, 3.8) is 0 Å². The summed E-state index contributed by atoms with van der Waals surface area (Å²) in [4.78, 5) is 32.0. The summed E-state index contributed by atoms with van der Waals surface area (Å²) < 4.78 is 5.90. The first kappa shape index (κ1) is 20.9. The van der Waals surface area contributed by atoms with Crippen LogP contribution in [0.5, 0.6) is 5.75 Å². The van der Waals surface area contributed by atoms with Crippen LogP contribution in [0.3, 0.4) is 0 Å². The van der Waals surface area contributed by atoms with E-state index in [0.717, 1.165) is 48.4 Å². The average molecular weight is 421 g/mol. The minimum absolute atomic E-state index is 0.0172. The van der Waals surface area contributed by atoms with Gasteiger partial charge in [-0.1, -0.05) is 31.0 Å². The fraction of sp³-hybridized carbons (Fsp3) is 0.375. The number of fused-ring (bicyclic) bond motifs is 2. The van der Waals surface area contributed by atoms with Crippen molar-refractivity contribution < 1.29 is 14.3 Å². The van der Waals surface area contributed by atoms with E-state index in [4.69, 9.17) is 4.74 Å². The number of amides is 2. The van der Waals surface area contributed by atoms with E-state index < -0.39 is 0 Å². The SMILES string of the molecule is CN(C(=O)CCCCCCOc1ccc2c(c1)CN1CC(=O)NC1=N2)c1ccccc1. The molecule has 7 heteroatoms. The molecule has 4 rings (SSSR count). The third-order valence-corrected chi connectivity index (χ3v) is 5.60. The zero-order valence-corrected chi connectivity index (χ0v) is 17.8. The molecule has 2 aliphatic rings. The topological polar surface area (TPSA) is 74.2 Å². The van der Waals surface area contributed by atoms with Gasteiger partial charge in [0.25, 0.3) is 0 Å². The lowest BCUT2D eigenvalue weighted by atomic mass is 10.1. The van der Waals surface area contributed by atoms with Crippen molar-refractivity contribution in [2.45, 2.75) is 38.6 Å². The Kier molecular flexibility index (Phi) is 6.50. The summed E-state index contributed by atoms with van der Waals surface area (Å²) in [6.07, 6.45) is 4.44. The minimum atomic E-state index is -0.0172. The second kappa shape index (κ2) is 9.64. The van der Waals surface area contributed by atoms with Gasteiger partial charge in [-0.3, -0.25) is 14.9 Å². The Bertz CT molecular complexity index is 974. The number of nitrogens with zero attached hydrogens (tertiary/aromatic N) is 3. The Labute approximate surface area is 182 Å². The van der Waals surface area contributed by atoms with Gasteiger partial charge in [0, 0.05) is 31.3 Å². The van der Waals surface area contributed by atoms with Crippen molar-refractivity contribution >= 4 is 29.1 Å². The fourth-order valence-corrected chi connectivity index (χ4v) is 3.81. The van der Waals surface area contributed by atoms with Gasteiger partial charge in [-0.05, 0) is 43.2 Å². The Balaban J connectivity index is 1.14. The summed E-state index contributed by atoms with van der Waals surface area (Å²) in [5, 5.41) is 2.77. The van der Waals surface area contributed by atoms with Crippen LogP contribution in [-0.4, -0.2) is 42.9 Å². The predicted octanol–water partition coefficient (Wildman–Crippen LogP) is 3.61. The standard InChI is InChI=1S/C24H28N4O3/c1-27(19-9-5-4-6-10-19)23(30)11-7-2-3-8-14-31-20-12-13-21-18(15-20)16-28-17-22(29)26-24(28)25-21/h4-6,9-10,12-13,15H,2-3,7-8,11,14,16-17H2,1H3,(H,25,26,29). The highest BCUT2D eigenvalue weighted by molar-refractivity contribution is 6.05. The summed E-state index contributed by atoms with van der Waals surface area (Å²) in [5.41, 5.74) is 2.88. The van der Waals surface area contributed by atoms with Crippen LogP contribution < -0.4 is 15.0 Å². The number of benzene rings is 2. The maximum Gasteiger partial charge on any atom is 0.246 e. The number of ether oxygens (including phenoxy) is 1. The van der Waals surface area contributed by atoms with Gasteiger partial charge < -0.3 is 14.5 Å². The quantitative estimate of drug-likeness (QED) is 0.629. The van der Waals surface area contributed by atoms with Gasteiger partial charge in [-0.2, -0.15) is 0 Å². The van der Waals surface area contributed by atoms with Crippen molar-refractivity contribution in [1.82, 2.24) is 10.2 Å². The molecular weight excluding hydrogens is 392 g/mol. The van der Waals surface area contributed by atoms with Gasteiger partial charge in [-0.15, -0.1) is 0 Å². The Hall–Kier alpha value is -3.35. The fourth-order valence-electron chi connectivity index (χ4n) is 3.81. The molecule has 2 aliphatic heterocycles. The third-order valence-electron chi connectivity index (χ3n) is 5.60. The molecule has 162 valence electrons.